The van der Waals surface area contributed by atoms with Gasteiger partial charge in [-0.3, -0.25) is 0 Å². The van der Waals surface area contributed by atoms with Gasteiger partial charge in [-0.1, -0.05) is 13.8 Å². The maximum absolute atomic E-state index is 5.47. The number of nitrogens with zero attached hydrogens (tertiary/aromatic N) is 1. The molecule has 0 aliphatic rings. The van der Waals surface area contributed by atoms with Crippen molar-refractivity contribution in [1.29, 1.82) is 0 Å². The molecule has 3 heteroatoms. The lowest BCUT2D eigenvalue weighted by Gasteiger charge is -2.11. The number of nitrogens with one attached hydrogen (secondary N) is 1. The summed E-state index contributed by atoms with van der Waals surface area (Å²) in [5, 5.41) is 3.31. The predicted molar refractivity (Wildman–Crippen MR) is 67.6 cm³/mol. The molecule has 0 saturated carbocycles. The number of ether oxygens (including phenoxy) is 1. The first-order valence-corrected chi connectivity index (χ1v) is 6.22. The number of hydrogen-bond acceptors (Lipinski definition) is 2. The number of rotatable bonds is 8. The lowest BCUT2D eigenvalue weighted by molar-refractivity contribution is 0.127. The molecule has 1 N–H and O–H groups in total. The second kappa shape index (κ2) is 7.47. The van der Waals surface area contributed by atoms with Crippen LogP contribution in [0, 0.1) is 0 Å². The van der Waals surface area contributed by atoms with Crippen molar-refractivity contribution in [2.75, 3.05) is 20.3 Å². The molecular weight excluding hydrogens is 200 g/mol. The maximum atomic E-state index is 5.47. The van der Waals surface area contributed by atoms with Crippen LogP contribution in [0.15, 0.2) is 18.5 Å². The normalized spacial score (nSPS) is 12.9. The Bertz CT molecular complexity index is 279. The first-order chi connectivity index (χ1) is 7.81. The second-order valence-corrected chi connectivity index (χ2v) is 4.04. The van der Waals surface area contributed by atoms with Crippen molar-refractivity contribution < 1.29 is 4.74 Å². The summed E-state index contributed by atoms with van der Waals surface area (Å²) in [6, 6.07) is 2.66. The Hall–Kier alpha value is -0.800. The van der Waals surface area contributed by atoms with Crippen molar-refractivity contribution in [3.63, 3.8) is 0 Å². The Labute approximate surface area is 98.8 Å². The SMILES string of the molecule is CCCOCCn1ccc(C(CC)NC)c1. The molecule has 1 rings (SSSR count). The Morgan fingerprint density at radius 2 is 2.19 bits per heavy atom. The Kier molecular flexibility index (Phi) is 6.19. The van der Waals surface area contributed by atoms with Crippen molar-refractivity contribution in [1.82, 2.24) is 9.88 Å². The molecule has 0 radical (unpaired) electrons. The van der Waals surface area contributed by atoms with Gasteiger partial charge in [0.2, 0.25) is 0 Å². The quantitative estimate of drug-likeness (QED) is 0.687. The first kappa shape index (κ1) is 13.3. The molecule has 1 unspecified atom stereocenters. The van der Waals surface area contributed by atoms with Crippen LogP contribution in [-0.2, 0) is 11.3 Å². The molecule has 16 heavy (non-hydrogen) atoms. The van der Waals surface area contributed by atoms with Crippen molar-refractivity contribution >= 4 is 0 Å². The Morgan fingerprint density at radius 3 is 2.81 bits per heavy atom. The van der Waals surface area contributed by atoms with Crippen LogP contribution in [-0.4, -0.2) is 24.8 Å². The minimum absolute atomic E-state index is 0.470. The standard InChI is InChI=1S/C13H24N2O/c1-4-9-16-10-8-15-7-6-12(11-15)13(5-2)14-3/h6-7,11,13-14H,4-5,8-10H2,1-3H3. The Balaban J connectivity index is 2.38. The van der Waals surface area contributed by atoms with Crippen LogP contribution in [0.1, 0.15) is 38.3 Å². The van der Waals surface area contributed by atoms with E-state index >= 15 is 0 Å². The third-order valence-corrected chi connectivity index (χ3v) is 2.77. The Morgan fingerprint density at radius 1 is 1.38 bits per heavy atom. The lowest BCUT2D eigenvalue weighted by Crippen LogP contribution is -2.14. The molecule has 1 heterocycles. The van der Waals surface area contributed by atoms with E-state index in [-0.39, 0.29) is 0 Å². The zero-order chi connectivity index (χ0) is 11.8. The van der Waals surface area contributed by atoms with Gasteiger partial charge in [0.05, 0.1) is 6.61 Å². The topological polar surface area (TPSA) is 26.2 Å². The third kappa shape index (κ3) is 3.99. The van der Waals surface area contributed by atoms with Gasteiger partial charge < -0.3 is 14.6 Å². The smallest absolute Gasteiger partial charge is 0.0645 e. The fraction of sp³-hybridized carbons (Fsp3) is 0.692. The molecule has 1 aromatic heterocycles. The van der Waals surface area contributed by atoms with E-state index in [0.717, 1.165) is 32.6 Å². The van der Waals surface area contributed by atoms with E-state index in [1.807, 2.05) is 7.05 Å². The average Bonchev–Trinajstić information content (AvgIpc) is 2.75. The minimum atomic E-state index is 0.470. The van der Waals surface area contributed by atoms with Gasteiger partial charge in [-0.25, -0.2) is 0 Å². The van der Waals surface area contributed by atoms with E-state index in [1.165, 1.54) is 5.56 Å². The third-order valence-electron chi connectivity index (χ3n) is 2.77. The van der Waals surface area contributed by atoms with Crippen LogP contribution in [0.3, 0.4) is 0 Å². The van der Waals surface area contributed by atoms with Gasteiger partial charge in [0.15, 0.2) is 0 Å². The van der Waals surface area contributed by atoms with Crippen LogP contribution in [0.2, 0.25) is 0 Å². The van der Waals surface area contributed by atoms with Gasteiger partial charge in [0.25, 0.3) is 0 Å². The molecule has 0 bridgehead atoms. The number of aromatic nitrogens is 1. The van der Waals surface area contributed by atoms with E-state index < -0.39 is 0 Å². The monoisotopic (exact) mass is 224 g/mol. The zero-order valence-corrected chi connectivity index (χ0v) is 10.7. The van der Waals surface area contributed by atoms with Crippen molar-refractivity contribution in [3.05, 3.63) is 24.0 Å². The highest BCUT2D eigenvalue weighted by molar-refractivity contribution is 5.15. The summed E-state index contributed by atoms with van der Waals surface area (Å²) >= 11 is 0. The molecule has 3 nitrogen and oxygen atoms in total. The molecular formula is C13H24N2O. The van der Waals surface area contributed by atoms with Crippen molar-refractivity contribution in [2.45, 2.75) is 39.3 Å². The summed E-state index contributed by atoms with van der Waals surface area (Å²) in [6.45, 7) is 6.94. The molecule has 92 valence electrons. The number of hydrogen-bond donors (Lipinski definition) is 1. The molecule has 0 fully saturated rings. The highest BCUT2D eigenvalue weighted by Gasteiger charge is 2.07. The van der Waals surface area contributed by atoms with Crippen molar-refractivity contribution in [3.8, 4) is 0 Å². The van der Waals surface area contributed by atoms with Crippen molar-refractivity contribution in [2.24, 2.45) is 0 Å². The van der Waals surface area contributed by atoms with Crippen LogP contribution in [0.4, 0.5) is 0 Å². The van der Waals surface area contributed by atoms with E-state index in [1.54, 1.807) is 0 Å². The molecule has 1 aromatic rings. The van der Waals surface area contributed by atoms with E-state index in [0.29, 0.717) is 6.04 Å². The van der Waals surface area contributed by atoms with Gasteiger partial charge >= 0.3 is 0 Å². The summed E-state index contributed by atoms with van der Waals surface area (Å²) < 4.78 is 7.67. The summed E-state index contributed by atoms with van der Waals surface area (Å²) in [6.07, 6.45) is 6.55. The second-order valence-electron chi connectivity index (χ2n) is 4.04. The largest absolute Gasteiger partial charge is 0.380 e. The predicted octanol–water partition coefficient (Wildman–Crippen LogP) is 2.59. The summed E-state index contributed by atoms with van der Waals surface area (Å²) in [5.74, 6) is 0. The maximum Gasteiger partial charge on any atom is 0.0645 e. The van der Waals surface area contributed by atoms with Gasteiger partial charge in [0.1, 0.15) is 0 Å². The van der Waals surface area contributed by atoms with Gasteiger partial charge in [-0.05, 0) is 31.5 Å². The fourth-order valence-corrected chi connectivity index (χ4v) is 1.83. The molecule has 0 aromatic carbocycles. The molecule has 0 aliphatic heterocycles. The molecule has 0 spiro atoms. The first-order valence-electron chi connectivity index (χ1n) is 6.22. The molecule has 1 atom stereocenters. The van der Waals surface area contributed by atoms with Crippen LogP contribution in [0.25, 0.3) is 0 Å². The fourth-order valence-electron chi connectivity index (χ4n) is 1.83. The summed E-state index contributed by atoms with van der Waals surface area (Å²) in [7, 11) is 2.01. The minimum Gasteiger partial charge on any atom is -0.380 e. The highest BCUT2D eigenvalue weighted by atomic mass is 16.5. The van der Waals surface area contributed by atoms with Gasteiger partial charge in [0, 0.05) is 31.6 Å². The van der Waals surface area contributed by atoms with E-state index in [9.17, 15) is 0 Å². The van der Waals surface area contributed by atoms with Crippen LogP contribution in [0.5, 0.6) is 0 Å². The highest BCUT2D eigenvalue weighted by Crippen LogP contribution is 2.15. The molecule has 0 saturated heterocycles. The van der Waals surface area contributed by atoms with E-state index in [4.69, 9.17) is 4.74 Å². The summed E-state index contributed by atoms with van der Waals surface area (Å²) in [4.78, 5) is 0. The van der Waals surface area contributed by atoms with Crippen LogP contribution < -0.4 is 5.32 Å². The summed E-state index contributed by atoms with van der Waals surface area (Å²) in [5.41, 5.74) is 1.36. The molecule has 0 aliphatic carbocycles. The van der Waals surface area contributed by atoms with Gasteiger partial charge in [-0.2, -0.15) is 0 Å². The zero-order valence-electron chi connectivity index (χ0n) is 10.7. The molecule has 0 amide bonds. The lowest BCUT2D eigenvalue weighted by atomic mass is 10.1. The van der Waals surface area contributed by atoms with Gasteiger partial charge in [-0.15, -0.1) is 0 Å². The van der Waals surface area contributed by atoms with Crippen LogP contribution >= 0.6 is 0 Å². The average molecular weight is 224 g/mol. The van der Waals surface area contributed by atoms with E-state index in [2.05, 4.69) is 42.2 Å².